The summed E-state index contributed by atoms with van der Waals surface area (Å²) in [6, 6.07) is 0.405. The van der Waals surface area contributed by atoms with Crippen molar-refractivity contribution in [3.63, 3.8) is 0 Å². The van der Waals surface area contributed by atoms with E-state index >= 15 is 0 Å². The van der Waals surface area contributed by atoms with Gasteiger partial charge in [-0.05, 0) is 25.9 Å². The largest absolute Gasteiger partial charge is 0.318 e. The Morgan fingerprint density at radius 3 is 2.58 bits per heavy atom. The fourth-order valence-electron chi connectivity index (χ4n) is 1.56. The monoisotopic (exact) mass is 191 g/mol. The first-order chi connectivity index (χ1) is 5.75. The van der Waals surface area contributed by atoms with Gasteiger partial charge in [0.25, 0.3) is 0 Å². The van der Waals surface area contributed by atoms with Gasteiger partial charge in [0.15, 0.2) is 0 Å². The van der Waals surface area contributed by atoms with Gasteiger partial charge >= 0.3 is 0 Å². The average molecular weight is 191 g/mol. The van der Waals surface area contributed by atoms with E-state index in [-0.39, 0.29) is 0 Å². The van der Waals surface area contributed by atoms with Crippen molar-refractivity contribution >= 4 is 11.0 Å². The van der Waals surface area contributed by atoms with Crippen LogP contribution in [0.25, 0.3) is 0 Å². The zero-order valence-corrected chi connectivity index (χ0v) is 8.27. The van der Waals surface area contributed by atoms with Crippen molar-refractivity contribution in [2.75, 3.05) is 26.0 Å². The maximum Gasteiger partial charge on any atom is 0.0925 e. The molecule has 0 saturated carbocycles. The van der Waals surface area contributed by atoms with Gasteiger partial charge in [0.2, 0.25) is 0 Å². The number of hydrogen-bond acceptors (Lipinski definition) is 3. The highest BCUT2D eigenvalue weighted by molar-refractivity contribution is 7.81. The Morgan fingerprint density at radius 1 is 1.58 bits per heavy atom. The number of rotatable bonds is 3. The van der Waals surface area contributed by atoms with Gasteiger partial charge in [-0.1, -0.05) is 0 Å². The molecule has 1 unspecified atom stereocenters. The standard InChI is InChI=1S/C7H17N3OS/c1-12(11)10(6-8)7-2-4-9-5-3-7/h7,9H,2-6,8H2,1H3. The predicted octanol–water partition coefficient (Wildman–Crippen LogP) is -0.750. The van der Waals surface area contributed by atoms with E-state index < -0.39 is 11.0 Å². The summed E-state index contributed by atoms with van der Waals surface area (Å²) >= 11 is 0. The van der Waals surface area contributed by atoms with Gasteiger partial charge in [0.1, 0.15) is 0 Å². The number of nitrogens with zero attached hydrogens (tertiary/aromatic N) is 1. The second-order valence-electron chi connectivity index (χ2n) is 3.00. The summed E-state index contributed by atoms with van der Waals surface area (Å²) in [5.74, 6) is 0. The molecule has 0 aromatic rings. The minimum Gasteiger partial charge on any atom is -0.318 e. The van der Waals surface area contributed by atoms with Gasteiger partial charge < -0.3 is 11.1 Å². The van der Waals surface area contributed by atoms with Gasteiger partial charge in [-0.2, -0.15) is 0 Å². The minimum atomic E-state index is -0.920. The van der Waals surface area contributed by atoms with Crippen LogP contribution in [0.15, 0.2) is 0 Å². The van der Waals surface area contributed by atoms with E-state index in [0.29, 0.717) is 12.7 Å². The van der Waals surface area contributed by atoms with Crippen LogP contribution in [0.3, 0.4) is 0 Å². The Bertz CT molecular complexity index is 159. The smallest absolute Gasteiger partial charge is 0.0925 e. The molecule has 1 fully saturated rings. The lowest BCUT2D eigenvalue weighted by atomic mass is 10.1. The third-order valence-corrected chi connectivity index (χ3v) is 3.33. The van der Waals surface area contributed by atoms with Crippen molar-refractivity contribution in [2.24, 2.45) is 5.73 Å². The molecule has 0 aliphatic carbocycles. The third-order valence-electron chi connectivity index (χ3n) is 2.23. The van der Waals surface area contributed by atoms with Crippen molar-refractivity contribution in [1.29, 1.82) is 0 Å². The van der Waals surface area contributed by atoms with Crippen LogP contribution in [0.1, 0.15) is 12.8 Å². The van der Waals surface area contributed by atoms with Crippen LogP contribution >= 0.6 is 0 Å². The fraction of sp³-hybridized carbons (Fsp3) is 1.00. The zero-order chi connectivity index (χ0) is 8.97. The lowest BCUT2D eigenvalue weighted by Crippen LogP contribution is -2.46. The second-order valence-corrected chi connectivity index (χ2v) is 4.32. The molecule has 1 aliphatic rings. The summed E-state index contributed by atoms with van der Waals surface area (Å²) in [7, 11) is -0.920. The van der Waals surface area contributed by atoms with Crippen molar-refractivity contribution < 1.29 is 4.21 Å². The van der Waals surface area contributed by atoms with E-state index in [4.69, 9.17) is 5.73 Å². The van der Waals surface area contributed by atoms with Crippen LogP contribution in [0.2, 0.25) is 0 Å². The normalized spacial score (nSPS) is 22.9. The SMILES string of the molecule is CS(=O)N(CN)C1CCNCC1. The molecule has 0 amide bonds. The fourth-order valence-corrected chi connectivity index (χ4v) is 2.40. The molecule has 4 nitrogen and oxygen atoms in total. The summed E-state index contributed by atoms with van der Waals surface area (Å²) in [6.45, 7) is 2.42. The van der Waals surface area contributed by atoms with E-state index in [1.807, 2.05) is 4.31 Å². The number of nitrogens with two attached hydrogens (primary N) is 1. The number of hydrogen-bond donors (Lipinski definition) is 2. The highest BCUT2D eigenvalue weighted by Gasteiger charge is 2.21. The first-order valence-electron chi connectivity index (χ1n) is 4.26. The van der Waals surface area contributed by atoms with Crippen LogP contribution in [0, 0.1) is 0 Å². The van der Waals surface area contributed by atoms with Crippen LogP contribution in [0.4, 0.5) is 0 Å². The highest BCUT2D eigenvalue weighted by Crippen LogP contribution is 2.11. The van der Waals surface area contributed by atoms with Gasteiger partial charge in [0.05, 0.1) is 17.7 Å². The van der Waals surface area contributed by atoms with Crippen LogP contribution < -0.4 is 11.1 Å². The third kappa shape index (κ3) is 2.52. The highest BCUT2D eigenvalue weighted by atomic mass is 32.2. The topological polar surface area (TPSA) is 58.4 Å². The predicted molar refractivity (Wildman–Crippen MR) is 50.9 cm³/mol. The summed E-state index contributed by atoms with van der Waals surface area (Å²) in [5.41, 5.74) is 5.52. The van der Waals surface area contributed by atoms with E-state index in [2.05, 4.69) is 5.32 Å². The summed E-state index contributed by atoms with van der Waals surface area (Å²) in [5, 5.41) is 3.27. The molecular weight excluding hydrogens is 174 g/mol. The molecule has 1 heterocycles. The molecule has 12 heavy (non-hydrogen) atoms. The quantitative estimate of drug-likeness (QED) is 0.577. The molecule has 1 saturated heterocycles. The summed E-state index contributed by atoms with van der Waals surface area (Å²) in [4.78, 5) is 0. The summed E-state index contributed by atoms with van der Waals surface area (Å²) < 4.78 is 13.1. The van der Waals surface area contributed by atoms with E-state index in [1.54, 1.807) is 6.26 Å². The Kier molecular flexibility index (Phi) is 4.14. The van der Waals surface area contributed by atoms with Crippen molar-refractivity contribution in [1.82, 2.24) is 9.62 Å². The van der Waals surface area contributed by atoms with Gasteiger partial charge in [0, 0.05) is 12.3 Å². The first-order valence-corrected chi connectivity index (χ1v) is 5.78. The molecule has 3 N–H and O–H groups in total. The minimum absolute atomic E-state index is 0.397. The van der Waals surface area contributed by atoms with E-state index in [1.165, 1.54) is 0 Å². The van der Waals surface area contributed by atoms with Crippen LogP contribution in [-0.4, -0.2) is 40.6 Å². The molecule has 5 heteroatoms. The lowest BCUT2D eigenvalue weighted by Gasteiger charge is -2.31. The molecule has 1 rings (SSSR count). The van der Waals surface area contributed by atoms with Crippen LogP contribution in [0.5, 0.6) is 0 Å². The molecule has 72 valence electrons. The molecule has 1 aliphatic heterocycles. The maximum absolute atomic E-state index is 11.2. The van der Waals surface area contributed by atoms with Gasteiger partial charge in [-0.15, -0.1) is 0 Å². The Labute approximate surface area is 76.1 Å². The molecule has 1 atom stereocenters. The molecule has 0 radical (unpaired) electrons. The second kappa shape index (κ2) is 4.91. The van der Waals surface area contributed by atoms with Gasteiger partial charge in [-0.25, -0.2) is 8.51 Å². The van der Waals surface area contributed by atoms with E-state index in [0.717, 1.165) is 25.9 Å². The molecule has 0 spiro atoms. The summed E-state index contributed by atoms with van der Waals surface area (Å²) in [6.07, 6.45) is 3.79. The Balaban J connectivity index is 2.46. The van der Waals surface area contributed by atoms with E-state index in [9.17, 15) is 4.21 Å². The number of piperidine rings is 1. The van der Waals surface area contributed by atoms with Crippen molar-refractivity contribution in [2.45, 2.75) is 18.9 Å². The Hall–Kier alpha value is 0.0300. The number of nitrogens with one attached hydrogen (secondary N) is 1. The maximum atomic E-state index is 11.2. The molecule has 0 bridgehead atoms. The van der Waals surface area contributed by atoms with Crippen LogP contribution in [-0.2, 0) is 11.0 Å². The van der Waals surface area contributed by atoms with Crippen molar-refractivity contribution in [3.8, 4) is 0 Å². The lowest BCUT2D eigenvalue weighted by molar-refractivity contribution is 0.279. The van der Waals surface area contributed by atoms with Gasteiger partial charge in [-0.3, -0.25) is 0 Å². The Morgan fingerprint density at radius 2 is 2.17 bits per heavy atom. The molecule has 0 aromatic carbocycles. The molecule has 0 aromatic heterocycles. The zero-order valence-electron chi connectivity index (χ0n) is 7.45. The average Bonchev–Trinajstić information content (AvgIpc) is 2.07. The first kappa shape index (κ1) is 10.1. The molecular formula is C7H17N3OS. The van der Waals surface area contributed by atoms with Crippen molar-refractivity contribution in [3.05, 3.63) is 0 Å².